The molecule has 0 atom stereocenters. The smallest absolute Gasteiger partial charge is 0.404 e. The molecule has 68 valence electrons. The molecule has 0 spiro atoms. The average molecular weight is 281 g/mol. The molecule has 1 amide bonds. The number of primary amides is 1. The summed E-state index contributed by atoms with van der Waals surface area (Å²) < 4.78 is 5.58. The number of amides is 1. The maximum Gasteiger partial charge on any atom is 0.404 e. The van der Waals surface area contributed by atoms with Gasteiger partial charge >= 0.3 is 6.09 Å². The van der Waals surface area contributed by atoms with Crippen LogP contribution < -0.4 is 5.73 Å². The Hall–Kier alpha value is -0.440. The van der Waals surface area contributed by atoms with Crippen LogP contribution in [0.4, 0.5) is 4.79 Å². The molecule has 0 aromatic carbocycles. The van der Waals surface area contributed by atoms with Gasteiger partial charge in [-0.25, -0.2) is 4.79 Å². The molecule has 0 saturated heterocycles. The van der Waals surface area contributed by atoms with Crippen molar-refractivity contribution in [1.82, 2.24) is 0 Å². The van der Waals surface area contributed by atoms with E-state index < -0.39 is 6.09 Å². The second-order valence-electron chi connectivity index (χ2n) is 2.06. The lowest BCUT2D eigenvalue weighted by molar-refractivity contribution is 0.156. The van der Waals surface area contributed by atoms with Crippen LogP contribution in [0.2, 0.25) is 0 Å². The molecular formula is C8H12INO2. The topological polar surface area (TPSA) is 52.3 Å². The fourth-order valence-corrected chi connectivity index (χ4v) is 0.827. The third-order valence-electron chi connectivity index (χ3n) is 1.03. The van der Waals surface area contributed by atoms with Crippen molar-refractivity contribution in [2.75, 3.05) is 11.0 Å². The van der Waals surface area contributed by atoms with Gasteiger partial charge in [-0.05, 0) is 6.42 Å². The summed E-state index contributed by atoms with van der Waals surface area (Å²) >= 11 is 2.28. The van der Waals surface area contributed by atoms with Crippen molar-refractivity contribution in [2.45, 2.75) is 19.3 Å². The molecule has 0 aromatic rings. The zero-order valence-corrected chi connectivity index (χ0v) is 8.96. The van der Waals surface area contributed by atoms with Gasteiger partial charge in [-0.1, -0.05) is 22.6 Å². The van der Waals surface area contributed by atoms with Crippen LogP contribution >= 0.6 is 22.6 Å². The van der Waals surface area contributed by atoms with E-state index in [-0.39, 0.29) is 0 Å². The Morgan fingerprint density at radius 2 is 2.08 bits per heavy atom. The number of carbonyl (C=O) groups is 1. The zero-order valence-electron chi connectivity index (χ0n) is 6.81. The summed E-state index contributed by atoms with van der Waals surface area (Å²) in [6, 6.07) is 0. The van der Waals surface area contributed by atoms with E-state index in [4.69, 9.17) is 5.73 Å². The highest BCUT2D eigenvalue weighted by Crippen LogP contribution is 1.89. The molecule has 0 aromatic heterocycles. The molecule has 0 bridgehead atoms. The van der Waals surface area contributed by atoms with E-state index in [0.717, 1.165) is 23.7 Å². The summed E-state index contributed by atoms with van der Waals surface area (Å²) in [7, 11) is 0. The Bertz CT molecular complexity index is 183. The summed E-state index contributed by atoms with van der Waals surface area (Å²) in [5, 5.41) is 0. The first-order valence-corrected chi connectivity index (χ1v) is 5.24. The Morgan fingerprint density at radius 1 is 1.42 bits per heavy atom. The van der Waals surface area contributed by atoms with Gasteiger partial charge in [0.1, 0.15) is 0 Å². The first-order valence-electron chi connectivity index (χ1n) is 3.71. The molecule has 0 radical (unpaired) electrons. The summed E-state index contributed by atoms with van der Waals surface area (Å²) in [5.74, 6) is 5.97. The van der Waals surface area contributed by atoms with Crippen molar-refractivity contribution in [2.24, 2.45) is 5.73 Å². The predicted molar refractivity (Wildman–Crippen MR) is 56.0 cm³/mol. The van der Waals surface area contributed by atoms with Gasteiger partial charge in [-0.2, -0.15) is 0 Å². The van der Waals surface area contributed by atoms with E-state index in [9.17, 15) is 4.79 Å². The summed E-state index contributed by atoms with van der Waals surface area (Å²) in [6.07, 6.45) is 1.74. The van der Waals surface area contributed by atoms with Crippen LogP contribution in [0.15, 0.2) is 0 Å². The van der Waals surface area contributed by atoms with Crippen LogP contribution in [0, 0.1) is 11.8 Å². The number of hydrogen-bond donors (Lipinski definition) is 1. The highest BCUT2D eigenvalue weighted by Gasteiger charge is 1.90. The Labute approximate surface area is 86.2 Å². The lowest BCUT2D eigenvalue weighted by Crippen LogP contribution is -2.13. The maximum absolute atomic E-state index is 10.1. The zero-order chi connectivity index (χ0) is 9.23. The molecule has 3 nitrogen and oxygen atoms in total. The maximum atomic E-state index is 10.1. The van der Waals surface area contributed by atoms with Crippen LogP contribution in [0.3, 0.4) is 0 Å². The Balaban J connectivity index is 3.11. The second-order valence-corrected chi connectivity index (χ2v) is 3.14. The van der Waals surface area contributed by atoms with Gasteiger partial charge in [-0.3, -0.25) is 0 Å². The van der Waals surface area contributed by atoms with Gasteiger partial charge in [0.2, 0.25) is 0 Å². The van der Waals surface area contributed by atoms with Crippen molar-refractivity contribution < 1.29 is 9.53 Å². The molecule has 0 heterocycles. The molecule has 0 rings (SSSR count). The van der Waals surface area contributed by atoms with E-state index in [0.29, 0.717) is 6.61 Å². The number of halogens is 1. The van der Waals surface area contributed by atoms with Gasteiger partial charge in [0.25, 0.3) is 0 Å². The summed E-state index contributed by atoms with van der Waals surface area (Å²) in [5.41, 5.74) is 4.76. The molecule has 0 unspecified atom stereocenters. The average Bonchev–Trinajstić information content (AvgIpc) is 2.02. The van der Waals surface area contributed by atoms with Crippen molar-refractivity contribution >= 4 is 28.7 Å². The summed E-state index contributed by atoms with van der Waals surface area (Å²) in [4.78, 5) is 10.1. The SMILES string of the molecule is NC(=O)OCCCC#CCCI. The van der Waals surface area contributed by atoms with Gasteiger partial charge in [0, 0.05) is 17.3 Å². The van der Waals surface area contributed by atoms with Crippen LogP contribution in [0.1, 0.15) is 19.3 Å². The molecule has 12 heavy (non-hydrogen) atoms. The quantitative estimate of drug-likeness (QED) is 0.369. The van der Waals surface area contributed by atoms with E-state index >= 15 is 0 Å². The van der Waals surface area contributed by atoms with Crippen molar-refractivity contribution in [3.05, 3.63) is 0 Å². The highest BCUT2D eigenvalue weighted by atomic mass is 127. The third kappa shape index (κ3) is 9.56. The minimum absolute atomic E-state index is 0.369. The molecule has 0 aliphatic rings. The van der Waals surface area contributed by atoms with Crippen LogP contribution in [-0.2, 0) is 4.74 Å². The van der Waals surface area contributed by atoms with E-state index in [1.54, 1.807) is 0 Å². The van der Waals surface area contributed by atoms with E-state index in [1.807, 2.05) is 0 Å². The highest BCUT2D eigenvalue weighted by molar-refractivity contribution is 14.1. The van der Waals surface area contributed by atoms with Crippen LogP contribution in [-0.4, -0.2) is 17.1 Å². The van der Waals surface area contributed by atoms with Crippen molar-refractivity contribution in [3.63, 3.8) is 0 Å². The second kappa shape index (κ2) is 8.65. The number of alkyl halides is 1. The lowest BCUT2D eigenvalue weighted by atomic mass is 10.3. The van der Waals surface area contributed by atoms with Crippen LogP contribution in [0.25, 0.3) is 0 Å². The molecule has 2 N–H and O–H groups in total. The molecule has 4 heteroatoms. The minimum atomic E-state index is -0.713. The van der Waals surface area contributed by atoms with E-state index in [1.165, 1.54) is 0 Å². The van der Waals surface area contributed by atoms with Crippen molar-refractivity contribution in [3.8, 4) is 11.8 Å². The predicted octanol–water partition coefficient (Wildman–Crippen LogP) is 1.69. The van der Waals surface area contributed by atoms with Gasteiger partial charge < -0.3 is 10.5 Å². The molecule has 0 saturated carbocycles. The fraction of sp³-hybridized carbons (Fsp3) is 0.625. The number of nitrogens with two attached hydrogens (primary N) is 1. The fourth-order valence-electron chi connectivity index (χ4n) is 0.557. The number of ether oxygens (including phenoxy) is 1. The summed E-state index contributed by atoms with van der Waals surface area (Å²) in [6.45, 7) is 0.369. The number of unbranched alkanes of at least 4 members (excludes halogenated alkanes) is 1. The molecule has 0 fully saturated rings. The molecular weight excluding hydrogens is 269 g/mol. The first kappa shape index (κ1) is 11.6. The first-order chi connectivity index (χ1) is 5.77. The van der Waals surface area contributed by atoms with Gasteiger partial charge in [0.05, 0.1) is 6.61 Å². The van der Waals surface area contributed by atoms with Gasteiger partial charge in [-0.15, -0.1) is 11.8 Å². The largest absolute Gasteiger partial charge is 0.450 e. The van der Waals surface area contributed by atoms with Crippen LogP contribution in [0.5, 0.6) is 0 Å². The molecule has 0 aliphatic heterocycles. The number of carbonyl (C=O) groups excluding carboxylic acids is 1. The monoisotopic (exact) mass is 281 g/mol. The number of rotatable bonds is 4. The normalized spacial score (nSPS) is 8.42. The Kier molecular flexibility index (Phi) is 8.34. The van der Waals surface area contributed by atoms with E-state index in [2.05, 4.69) is 39.2 Å². The number of hydrogen-bond acceptors (Lipinski definition) is 2. The molecule has 0 aliphatic carbocycles. The lowest BCUT2D eigenvalue weighted by Gasteiger charge is -1.96. The van der Waals surface area contributed by atoms with Gasteiger partial charge in [0.15, 0.2) is 0 Å². The van der Waals surface area contributed by atoms with Crippen molar-refractivity contribution in [1.29, 1.82) is 0 Å². The third-order valence-corrected chi connectivity index (χ3v) is 1.57. The standard InChI is InChI=1S/C8H12INO2/c9-6-4-2-1-3-5-7-12-8(10)11/h3-7H2,(H2,10,11). The Morgan fingerprint density at radius 3 is 2.67 bits per heavy atom. The minimum Gasteiger partial charge on any atom is -0.450 e.